The number of hydrogen-bond acceptors (Lipinski definition) is 4. The third-order valence-electron chi connectivity index (χ3n) is 2.39. The summed E-state index contributed by atoms with van der Waals surface area (Å²) in [5, 5.41) is 3.15. The second-order valence-electron chi connectivity index (χ2n) is 4.35. The van der Waals surface area contributed by atoms with E-state index in [1.54, 1.807) is 0 Å². The highest BCUT2D eigenvalue weighted by molar-refractivity contribution is 9.10. The van der Waals surface area contributed by atoms with Gasteiger partial charge in [0.2, 0.25) is 10.0 Å². The lowest BCUT2D eigenvalue weighted by atomic mass is 10.3. The molecule has 0 unspecified atom stereocenters. The summed E-state index contributed by atoms with van der Waals surface area (Å²) in [6.07, 6.45) is 5.13. The summed E-state index contributed by atoms with van der Waals surface area (Å²) in [6, 6.07) is 1.79. The van der Waals surface area contributed by atoms with Crippen LogP contribution in [0.5, 0.6) is 0 Å². The predicted octanol–water partition coefficient (Wildman–Crippen LogP) is 1.79. The molecule has 5 nitrogen and oxygen atoms in total. The molecule has 106 valence electrons. The van der Waals surface area contributed by atoms with E-state index in [2.05, 4.69) is 27.2 Å². The molecule has 19 heavy (non-hydrogen) atoms. The second-order valence-corrected chi connectivity index (χ2v) is 7.09. The average Bonchev–Trinajstić information content (AvgIpc) is 2.69. The number of halogens is 1. The van der Waals surface area contributed by atoms with Gasteiger partial charge in [0.05, 0.1) is 13.1 Å². The van der Waals surface area contributed by atoms with Gasteiger partial charge < -0.3 is 9.73 Å². The molecule has 1 rings (SSSR count). The van der Waals surface area contributed by atoms with Crippen molar-refractivity contribution in [2.45, 2.75) is 31.3 Å². The monoisotopic (exact) mass is 348 g/mol. The molecule has 1 aromatic rings. The Kier molecular flexibility index (Phi) is 5.62. The van der Waals surface area contributed by atoms with Crippen molar-refractivity contribution in [3.8, 4) is 12.3 Å². The second kappa shape index (κ2) is 6.57. The molecule has 0 saturated heterocycles. The third-order valence-corrected chi connectivity index (χ3v) is 5.05. The van der Waals surface area contributed by atoms with E-state index in [1.165, 1.54) is 13.1 Å². The number of hydrogen-bond donors (Lipinski definition) is 1. The van der Waals surface area contributed by atoms with Crippen molar-refractivity contribution in [3.05, 3.63) is 16.5 Å². The summed E-state index contributed by atoms with van der Waals surface area (Å²) in [7, 11) is -2.20. The number of sulfonamides is 1. The first-order chi connectivity index (χ1) is 8.78. The van der Waals surface area contributed by atoms with E-state index in [4.69, 9.17) is 10.8 Å². The Hall–Kier alpha value is -0.810. The SMILES string of the molecule is C#CCN(C)S(=O)(=O)c1cc(CNC(C)C)oc1Br. The first-order valence-electron chi connectivity index (χ1n) is 5.70. The Morgan fingerprint density at radius 1 is 1.58 bits per heavy atom. The highest BCUT2D eigenvalue weighted by Gasteiger charge is 2.26. The van der Waals surface area contributed by atoms with Crippen LogP contribution in [0.4, 0.5) is 0 Å². The Balaban J connectivity index is 2.99. The van der Waals surface area contributed by atoms with E-state index in [-0.39, 0.29) is 22.2 Å². The molecule has 7 heteroatoms. The number of nitrogens with zero attached hydrogens (tertiary/aromatic N) is 1. The van der Waals surface area contributed by atoms with Crippen LogP contribution in [0.1, 0.15) is 19.6 Å². The average molecular weight is 349 g/mol. The van der Waals surface area contributed by atoms with Gasteiger partial charge in [0.15, 0.2) is 4.67 Å². The van der Waals surface area contributed by atoms with Gasteiger partial charge >= 0.3 is 0 Å². The Labute approximate surface area is 122 Å². The first-order valence-corrected chi connectivity index (χ1v) is 7.93. The quantitative estimate of drug-likeness (QED) is 0.796. The van der Waals surface area contributed by atoms with Crippen molar-refractivity contribution in [3.63, 3.8) is 0 Å². The zero-order valence-corrected chi connectivity index (χ0v) is 13.5. The lowest BCUT2D eigenvalue weighted by molar-refractivity contribution is 0.445. The third kappa shape index (κ3) is 4.08. The molecule has 0 aliphatic heterocycles. The molecule has 0 atom stereocenters. The minimum absolute atomic E-state index is 0.0134. The Morgan fingerprint density at radius 3 is 2.74 bits per heavy atom. The zero-order chi connectivity index (χ0) is 14.6. The van der Waals surface area contributed by atoms with E-state index in [1.807, 2.05) is 13.8 Å². The summed E-state index contributed by atoms with van der Waals surface area (Å²) < 4.78 is 31.1. The van der Waals surface area contributed by atoms with Crippen molar-refractivity contribution >= 4 is 26.0 Å². The molecule has 0 aliphatic rings. The van der Waals surface area contributed by atoms with E-state index in [0.717, 1.165) is 4.31 Å². The Morgan fingerprint density at radius 2 is 2.21 bits per heavy atom. The van der Waals surface area contributed by atoms with Gasteiger partial charge in [0.1, 0.15) is 10.7 Å². The van der Waals surface area contributed by atoms with Gasteiger partial charge in [-0.1, -0.05) is 19.8 Å². The zero-order valence-electron chi connectivity index (χ0n) is 11.1. The van der Waals surface area contributed by atoms with Crippen LogP contribution in [-0.2, 0) is 16.6 Å². The van der Waals surface area contributed by atoms with Crippen LogP contribution >= 0.6 is 15.9 Å². The van der Waals surface area contributed by atoms with Crippen LogP contribution in [-0.4, -0.2) is 32.4 Å². The fraction of sp³-hybridized carbons (Fsp3) is 0.500. The molecule has 0 bridgehead atoms. The summed E-state index contributed by atoms with van der Waals surface area (Å²) >= 11 is 3.13. The van der Waals surface area contributed by atoms with Gasteiger partial charge in [-0.05, 0) is 15.9 Å². The molecular formula is C12H17BrN2O3S. The highest BCUT2D eigenvalue weighted by atomic mass is 79.9. The maximum Gasteiger partial charge on any atom is 0.248 e. The predicted molar refractivity (Wildman–Crippen MR) is 77.0 cm³/mol. The van der Waals surface area contributed by atoms with Crippen molar-refractivity contribution < 1.29 is 12.8 Å². The molecule has 0 aromatic carbocycles. The van der Waals surface area contributed by atoms with Crippen molar-refractivity contribution in [2.24, 2.45) is 0 Å². The van der Waals surface area contributed by atoms with Gasteiger partial charge in [-0.3, -0.25) is 0 Å². The number of rotatable bonds is 6. The Bertz CT molecular complexity index is 572. The standard InChI is InChI=1S/C12H17BrN2O3S/c1-5-6-15(4)19(16,17)11-7-10(18-12(11)13)8-14-9(2)3/h1,7,9,14H,6,8H2,2-4H3. The van der Waals surface area contributed by atoms with Gasteiger partial charge in [-0.15, -0.1) is 6.42 Å². The first kappa shape index (κ1) is 16.2. The maximum absolute atomic E-state index is 12.2. The lowest BCUT2D eigenvalue weighted by Gasteiger charge is -2.12. The largest absolute Gasteiger partial charge is 0.452 e. The fourth-order valence-electron chi connectivity index (χ4n) is 1.35. The van der Waals surface area contributed by atoms with Gasteiger partial charge in [-0.25, -0.2) is 8.42 Å². The van der Waals surface area contributed by atoms with Crippen LogP contribution in [0.3, 0.4) is 0 Å². The lowest BCUT2D eigenvalue weighted by Crippen LogP contribution is -2.27. The number of furan rings is 1. The normalized spacial score (nSPS) is 12.1. The molecule has 0 fully saturated rings. The molecular weight excluding hydrogens is 332 g/mol. The summed E-state index contributed by atoms with van der Waals surface area (Å²) in [4.78, 5) is 0.0887. The molecule has 1 aromatic heterocycles. The van der Waals surface area contributed by atoms with Crippen LogP contribution in [0.15, 0.2) is 20.0 Å². The number of nitrogens with one attached hydrogen (secondary N) is 1. The molecule has 0 saturated carbocycles. The van der Waals surface area contributed by atoms with Crippen molar-refractivity contribution in [1.82, 2.24) is 9.62 Å². The van der Waals surface area contributed by atoms with Crippen LogP contribution in [0.25, 0.3) is 0 Å². The van der Waals surface area contributed by atoms with Crippen LogP contribution in [0.2, 0.25) is 0 Å². The summed E-state index contributed by atoms with van der Waals surface area (Å²) in [5.41, 5.74) is 0. The van der Waals surface area contributed by atoms with E-state index in [0.29, 0.717) is 12.3 Å². The minimum Gasteiger partial charge on any atom is -0.452 e. The number of terminal acetylenes is 1. The van der Waals surface area contributed by atoms with E-state index >= 15 is 0 Å². The van der Waals surface area contributed by atoms with Crippen molar-refractivity contribution in [1.29, 1.82) is 0 Å². The van der Waals surface area contributed by atoms with Crippen molar-refractivity contribution in [2.75, 3.05) is 13.6 Å². The molecule has 1 N–H and O–H groups in total. The van der Waals surface area contributed by atoms with Gasteiger partial charge in [-0.2, -0.15) is 4.31 Å². The molecule has 0 aliphatic carbocycles. The summed E-state index contributed by atoms with van der Waals surface area (Å²) in [5.74, 6) is 2.85. The topological polar surface area (TPSA) is 62.6 Å². The molecule has 0 spiro atoms. The summed E-state index contributed by atoms with van der Waals surface area (Å²) in [6.45, 7) is 4.47. The van der Waals surface area contributed by atoms with E-state index < -0.39 is 10.0 Å². The van der Waals surface area contributed by atoms with Gasteiger partial charge in [0.25, 0.3) is 0 Å². The molecule has 0 radical (unpaired) electrons. The van der Waals surface area contributed by atoms with Gasteiger partial charge in [0, 0.05) is 19.2 Å². The van der Waals surface area contributed by atoms with Crippen LogP contribution < -0.4 is 5.32 Å². The maximum atomic E-state index is 12.2. The molecule has 1 heterocycles. The minimum atomic E-state index is -3.63. The highest BCUT2D eigenvalue weighted by Crippen LogP contribution is 2.28. The van der Waals surface area contributed by atoms with Crippen LogP contribution in [0, 0.1) is 12.3 Å². The fourth-order valence-corrected chi connectivity index (χ4v) is 3.39. The smallest absolute Gasteiger partial charge is 0.248 e. The molecule has 0 amide bonds. The van der Waals surface area contributed by atoms with E-state index in [9.17, 15) is 8.42 Å².